The van der Waals surface area contributed by atoms with Crippen LogP contribution in [0.2, 0.25) is 0 Å². The monoisotopic (exact) mass is 345 g/mol. The molecule has 1 aromatic carbocycles. The van der Waals surface area contributed by atoms with E-state index in [1.54, 1.807) is 15.2 Å². The minimum Gasteiger partial charge on any atom is -0.445 e. The van der Waals surface area contributed by atoms with E-state index < -0.39 is 0 Å². The van der Waals surface area contributed by atoms with Crippen LogP contribution in [-0.2, 0) is 11.3 Å². The van der Waals surface area contributed by atoms with Gasteiger partial charge in [0.15, 0.2) is 0 Å². The van der Waals surface area contributed by atoms with Gasteiger partial charge in [0.2, 0.25) is 0 Å². The molecule has 1 aromatic heterocycles. The topological polar surface area (TPSA) is 62.7 Å². The van der Waals surface area contributed by atoms with Gasteiger partial charge in [-0.05, 0) is 12.5 Å². The normalized spacial score (nSPS) is 14.5. The third-order valence-electron chi connectivity index (χ3n) is 3.87. The number of thiazole rings is 1. The molecule has 6 nitrogen and oxygen atoms in total. The van der Waals surface area contributed by atoms with Crippen molar-refractivity contribution in [1.29, 1.82) is 0 Å². The van der Waals surface area contributed by atoms with Crippen LogP contribution in [-0.4, -0.2) is 53.0 Å². The molecule has 7 heteroatoms. The minimum absolute atomic E-state index is 0.0725. The highest BCUT2D eigenvalue weighted by atomic mass is 32.1. The van der Waals surface area contributed by atoms with Crippen molar-refractivity contribution in [2.75, 3.05) is 26.2 Å². The number of nitrogens with zero attached hydrogens (tertiary/aromatic N) is 3. The number of amides is 2. The van der Waals surface area contributed by atoms with Crippen LogP contribution in [0.5, 0.6) is 0 Å². The molecular formula is C17H19N3O3S. The van der Waals surface area contributed by atoms with E-state index in [9.17, 15) is 9.59 Å². The number of carbonyl (C=O) groups excluding carboxylic acids is 2. The summed E-state index contributed by atoms with van der Waals surface area (Å²) in [5.74, 6) is -0.0725. The van der Waals surface area contributed by atoms with Gasteiger partial charge < -0.3 is 14.5 Å². The molecule has 3 rings (SSSR count). The van der Waals surface area contributed by atoms with Crippen LogP contribution < -0.4 is 0 Å². The Morgan fingerprint density at radius 3 is 2.42 bits per heavy atom. The Morgan fingerprint density at radius 1 is 1.12 bits per heavy atom. The van der Waals surface area contributed by atoms with Crippen molar-refractivity contribution in [1.82, 2.24) is 14.8 Å². The zero-order valence-corrected chi connectivity index (χ0v) is 14.3. The van der Waals surface area contributed by atoms with Crippen molar-refractivity contribution < 1.29 is 14.3 Å². The SMILES string of the molecule is Cc1nc(C(=O)N2CCN(C(=O)OCc3ccccc3)CC2)cs1. The lowest BCUT2D eigenvalue weighted by molar-refractivity contribution is 0.0540. The van der Waals surface area contributed by atoms with Crippen LogP contribution in [0.4, 0.5) is 4.79 Å². The number of benzene rings is 1. The first-order chi connectivity index (χ1) is 11.6. The van der Waals surface area contributed by atoms with E-state index >= 15 is 0 Å². The summed E-state index contributed by atoms with van der Waals surface area (Å²) in [5, 5.41) is 2.65. The van der Waals surface area contributed by atoms with Gasteiger partial charge in [-0.15, -0.1) is 11.3 Å². The maximum Gasteiger partial charge on any atom is 0.410 e. The quantitative estimate of drug-likeness (QED) is 0.858. The van der Waals surface area contributed by atoms with Crippen molar-refractivity contribution in [3.05, 3.63) is 52.0 Å². The van der Waals surface area contributed by atoms with E-state index in [-0.39, 0.29) is 18.6 Å². The van der Waals surface area contributed by atoms with Crippen molar-refractivity contribution in [2.24, 2.45) is 0 Å². The highest BCUT2D eigenvalue weighted by molar-refractivity contribution is 7.09. The molecule has 0 radical (unpaired) electrons. The Bertz CT molecular complexity index is 709. The average Bonchev–Trinajstić information content (AvgIpc) is 3.06. The highest BCUT2D eigenvalue weighted by Crippen LogP contribution is 2.13. The minimum atomic E-state index is -0.338. The van der Waals surface area contributed by atoms with Gasteiger partial charge in [0.1, 0.15) is 12.3 Å². The molecule has 1 aliphatic rings. The number of aromatic nitrogens is 1. The molecular weight excluding hydrogens is 326 g/mol. The third kappa shape index (κ3) is 3.91. The molecule has 0 aliphatic carbocycles. The highest BCUT2D eigenvalue weighted by Gasteiger charge is 2.26. The molecule has 0 unspecified atom stereocenters. The number of carbonyl (C=O) groups is 2. The summed E-state index contributed by atoms with van der Waals surface area (Å²) >= 11 is 1.46. The number of hydrogen-bond donors (Lipinski definition) is 0. The zero-order valence-electron chi connectivity index (χ0n) is 13.5. The Balaban J connectivity index is 1.47. The second-order valence-electron chi connectivity index (χ2n) is 5.57. The van der Waals surface area contributed by atoms with E-state index in [1.807, 2.05) is 37.3 Å². The summed E-state index contributed by atoms with van der Waals surface area (Å²) in [6.07, 6.45) is -0.338. The molecule has 2 heterocycles. The predicted octanol–water partition coefficient (Wildman–Crippen LogP) is 2.55. The Hall–Kier alpha value is -2.41. The van der Waals surface area contributed by atoms with Crippen molar-refractivity contribution >= 4 is 23.3 Å². The van der Waals surface area contributed by atoms with Gasteiger partial charge in [-0.25, -0.2) is 9.78 Å². The second-order valence-corrected chi connectivity index (χ2v) is 6.63. The fourth-order valence-corrected chi connectivity index (χ4v) is 3.11. The van der Waals surface area contributed by atoms with Crippen molar-refractivity contribution in [3.63, 3.8) is 0 Å². The van der Waals surface area contributed by atoms with Gasteiger partial charge in [0.25, 0.3) is 5.91 Å². The molecule has 1 aliphatic heterocycles. The fraction of sp³-hybridized carbons (Fsp3) is 0.353. The predicted molar refractivity (Wildman–Crippen MR) is 91.0 cm³/mol. The van der Waals surface area contributed by atoms with Gasteiger partial charge in [0, 0.05) is 31.6 Å². The standard InChI is InChI=1S/C17H19N3O3S/c1-13-18-15(12-24-13)16(21)19-7-9-20(10-8-19)17(22)23-11-14-5-3-2-4-6-14/h2-6,12H,7-11H2,1H3. The molecule has 0 N–H and O–H groups in total. The zero-order chi connectivity index (χ0) is 16.9. The molecule has 0 saturated carbocycles. The van der Waals surface area contributed by atoms with Crippen LogP contribution in [0, 0.1) is 6.92 Å². The third-order valence-corrected chi connectivity index (χ3v) is 4.64. The van der Waals surface area contributed by atoms with Crippen LogP contribution in [0.1, 0.15) is 21.1 Å². The number of aryl methyl sites for hydroxylation is 1. The van der Waals surface area contributed by atoms with E-state index in [0.717, 1.165) is 10.6 Å². The molecule has 1 saturated heterocycles. The van der Waals surface area contributed by atoms with E-state index in [2.05, 4.69) is 4.98 Å². The molecule has 1 fully saturated rings. The van der Waals surface area contributed by atoms with Gasteiger partial charge in [0.05, 0.1) is 5.01 Å². The van der Waals surface area contributed by atoms with Crippen LogP contribution in [0.25, 0.3) is 0 Å². The van der Waals surface area contributed by atoms with Gasteiger partial charge in [-0.2, -0.15) is 0 Å². The first-order valence-electron chi connectivity index (χ1n) is 7.80. The molecule has 126 valence electrons. The summed E-state index contributed by atoms with van der Waals surface area (Å²) in [5.41, 5.74) is 1.44. The average molecular weight is 345 g/mol. The van der Waals surface area contributed by atoms with Crippen LogP contribution >= 0.6 is 11.3 Å². The van der Waals surface area contributed by atoms with E-state index in [0.29, 0.717) is 31.9 Å². The molecule has 0 spiro atoms. The maximum absolute atomic E-state index is 12.3. The Labute approximate surface area is 144 Å². The summed E-state index contributed by atoms with van der Waals surface area (Å²) < 4.78 is 5.32. The van der Waals surface area contributed by atoms with Crippen LogP contribution in [0.15, 0.2) is 35.7 Å². The maximum atomic E-state index is 12.3. The summed E-state index contributed by atoms with van der Waals surface area (Å²) in [7, 11) is 0. The Kier molecular flexibility index (Phi) is 5.10. The van der Waals surface area contributed by atoms with Gasteiger partial charge >= 0.3 is 6.09 Å². The smallest absolute Gasteiger partial charge is 0.410 e. The lowest BCUT2D eigenvalue weighted by Gasteiger charge is -2.33. The second kappa shape index (κ2) is 7.44. The molecule has 0 atom stereocenters. The molecule has 0 bridgehead atoms. The fourth-order valence-electron chi connectivity index (χ4n) is 2.53. The van der Waals surface area contributed by atoms with Crippen molar-refractivity contribution in [3.8, 4) is 0 Å². The van der Waals surface area contributed by atoms with Gasteiger partial charge in [-0.1, -0.05) is 30.3 Å². The number of ether oxygens (including phenoxy) is 1. The summed E-state index contributed by atoms with van der Waals surface area (Å²) in [6.45, 7) is 4.08. The van der Waals surface area contributed by atoms with Crippen LogP contribution in [0.3, 0.4) is 0 Å². The van der Waals surface area contributed by atoms with E-state index in [1.165, 1.54) is 11.3 Å². The molecule has 2 amide bonds. The Morgan fingerprint density at radius 2 is 1.79 bits per heavy atom. The molecule has 24 heavy (non-hydrogen) atoms. The molecule has 2 aromatic rings. The first-order valence-corrected chi connectivity index (χ1v) is 8.68. The largest absolute Gasteiger partial charge is 0.445 e. The summed E-state index contributed by atoms with van der Waals surface area (Å²) in [4.78, 5) is 32.0. The lowest BCUT2D eigenvalue weighted by atomic mass is 10.2. The number of hydrogen-bond acceptors (Lipinski definition) is 5. The first kappa shape index (κ1) is 16.4. The van der Waals surface area contributed by atoms with Gasteiger partial charge in [-0.3, -0.25) is 4.79 Å². The number of piperazine rings is 1. The summed E-state index contributed by atoms with van der Waals surface area (Å²) in [6, 6.07) is 9.58. The number of rotatable bonds is 3. The van der Waals surface area contributed by atoms with Crippen molar-refractivity contribution in [2.45, 2.75) is 13.5 Å². The lowest BCUT2D eigenvalue weighted by Crippen LogP contribution is -2.50. The van der Waals surface area contributed by atoms with E-state index in [4.69, 9.17) is 4.74 Å².